The Morgan fingerprint density at radius 3 is 2.96 bits per heavy atom. The SMILES string of the molecule is C/C=C1/[C@H]2CCCN2[C@]2(C(=O)Nc3c(Br)cccc32)[C@@]1(C)C(=O)OCC. The van der Waals surface area contributed by atoms with Crippen LogP contribution in [0.1, 0.15) is 39.2 Å². The summed E-state index contributed by atoms with van der Waals surface area (Å²) in [4.78, 5) is 29.0. The molecule has 4 rings (SSSR count). The minimum Gasteiger partial charge on any atom is -0.465 e. The number of para-hydroxylation sites is 1. The molecule has 138 valence electrons. The zero-order valence-electron chi connectivity index (χ0n) is 15.3. The Morgan fingerprint density at radius 2 is 2.27 bits per heavy atom. The van der Waals surface area contributed by atoms with Gasteiger partial charge >= 0.3 is 5.97 Å². The summed E-state index contributed by atoms with van der Waals surface area (Å²) < 4.78 is 6.34. The topological polar surface area (TPSA) is 58.6 Å². The highest BCUT2D eigenvalue weighted by molar-refractivity contribution is 9.10. The zero-order valence-corrected chi connectivity index (χ0v) is 16.9. The number of halogens is 1. The van der Waals surface area contributed by atoms with E-state index in [0.29, 0.717) is 6.61 Å². The van der Waals surface area contributed by atoms with Crippen LogP contribution in [-0.2, 0) is 19.9 Å². The number of esters is 1. The van der Waals surface area contributed by atoms with Gasteiger partial charge in [-0.3, -0.25) is 14.5 Å². The standard InChI is InChI=1S/C20H23BrN2O3/c1-4-12-15-10-7-11-23(15)20(19(12,3)18(25)26-5-2)13-8-6-9-14(21)16(13)22-17(20)24/h4,6,8-9,15H,5,7,10-11H2,1-3H3,(H,22,24)/b12-4-/t15-,19-,20-/m1/s1. The van der Waals surface area contributed by atoms with Gasteiger partial charge in [0.25, 0.3) is 5.91 Å². The van der Waals surface area contributed by atoms with E-state index in [1.807, 2.05) is 38.1 Å². The lowest BCUT2D eigenvalue weighted by Crippen LogP contribution is -2.58. The smallest absolute Gasteiger partial charge is 0.318 e. The molecule has 3 aliphatic heterocycles. The molecule has 0 bridgehead atoms. The Morgan fingerprint density at radius 1 is 1.50 bits per heavy atom. The Bertz CT molecular complexity index is 836. The molecular formula is C20H23BrN2O3. The Hall–Kier alpha value is -1.66. The van der Waals surface area contributed by atoms with E-state index >= 15 is 0 Å². The summed E-state index contributed by atoms with van der Waals surface area (Å²) in [7, 11) is 0. The third kappa shape index (κ3) is 1.84. The quantitative estimate of drug-likeness (QED) is 0.588. The van der Waals surface area contributed by atoms with E-state index in [-0.39, 0.29) is 17.9 Å². The van der Waals surface area contributed by atoms with Crippen molar-refractivity contribution in [3.63, 3.8) is 0 Å². The molecule has 0 radical (unpaired) electrons. The predicted molar refractivity (Wildman–Crippen MR) is 103 cm³/mol. The number of rotatable bonds is 2. The molecular weight excluding hydrogens is 396 g/mol. The van der Waals surface area contributed by atoms with Gasteiger partial charge in [0.1, 0.15) is 11.0 Å². The second kappa shape index (κ2) is 5.92. The fourth-order valence-electron chi connectivity index (χ4n) is 5.40. The van der Waals surface area contributed by atoms with Gasteiger partial charge < -0.3 is 10.1 Å². The first kappa shape index (κ1) is 17.7. The second-order valence-electron chi connectivity index (χ2n) is 7.27. The number of benzene rings is 1. The highest BCUT2D eigenvalue weighted by Gasteiger charge is 2.74. The molecule has 26 heavy (non-hydrogen) atoms. The molecule has 6 heteroatoms. The number of carbonyl (C=O) groups is 2. The first-order valence-electron chi connectivity index (χ1n) is 9.15. The van der Waals surface area contributed by atoms with Crippen molar-refractivity contribution in [3.05, 3.63) is 39.9 Å². The molecule has 0 aromatic heterocycles. The van der Waals surface area contributed by atoms with Gasteiger partial charge in [-0.15, -0.1) is 0 Å². The minimum atomic E-state index is -1.07. The molecule has 1 aromatic rings. The fraction of sp³-hybridized carbons (Fsp3) is 0.500. The Labute approximate surface area is 161 Å². The summed E-state index contributed by atoms with van der Waals surface area (Å²) in [5, 5.41) is 3.05. The lowest BCUT2D eigenvalue weighted by atomic mass is 9.65. The molecule has 3 atom stereocenters. The number of ether oxygens (including phenoxy) is 1. The van der Waals surface area contributed by atoms with E-state index in [1.54, 1.807) is 6.92 Å². The number of anilines is 1. The second-order valence-corrected chi connectivity index (χ2v) is 8.12. The van der Waals surface area contributed by atoms with Crippen molar-refractivity contribution in [2.75, 3.05) is 18.5 Å². The third-order valence-electron chi connectivity index (χ3n) is 6.31. The maximum Gasteiger partial charge on any atom is 0.318 e. The monoisotopic (exact) mass is 418 g/mol. The van der Waals surface area contributed by atoms with Crippen molar-refractivity contribution >= 4 is 33.5 Å². The van der Waals surface area contributed by atoms with E-state index in [4.69, 9.17) is 4.74 Å². The lowest BCUT2D eigenvalue weighted by molar-refractivity contribution is -0.161. The number of nitrogens with one attached hydrogen (secondary N) is 1. The van der Waals surface area contributed by atoms with E-state index in [0.717, 1.165) is 40.7 Å². The van der Waals surface area contributed by atoms with E-state index in [9.17, 15) is 9.59 Å². The summed E-state index contributed by atoms with van der Waals surface area (Å²) in [6, 6.07) is 5.89. The third-order valence-corrected chi connectivity index (χ3v) is 6.97. The average molecular weight is 419 g/mol. The van der Waals surface area contributed by atoms with Gasteiger partial charge in [-0.05, 0) is 61.2 Å². The van der Waals surface area contributed by atoms with Crippen LogP contribution in [0.3, 0.4) is 0 Å². The van der Waals surface area contributed by atoms with Gasteiger partial charge in [0, 0.05) is 22.6 Å². The lowest BCUT2D eigenvalue weighted by Gasteiger charge is -2.41. The van der Waals surface area contributed by atoms with Crippen LogP contribution < -0.4 is 5.32 Å². The minimum absolute atomic E-state index is 0.0880. The van der Waals surface area contributed by atoms with Gasteiger partial charge in [-0.25, -0.2) is 0 Å². The number of fused-ring (bicyclic) bond motifs is 4. The van der Waals surface area contributed by atoms with Crippen molar-refractivity contribution in [1.82, 2.24) is 4.90 Å². The van der Waals surface area contributed by atoms with Crippen LogP contribution in [0.5, 0.6) is 0 Å². The molecule has 3 heterocycles. The summed E-state index contributed by atoms with van der Waals surface area (Å²) in [6.07, 6.45) is 3.98. The highest BCUT2D eigenvalue weighted by atomic mass is 79.9. The van der Waals surface area contributed by atoms with Gasteiger partial charge in [-0.2, -0.15) is 0 Å². The van der Waals surface area contributed by atoms with Crippen LogP contribution in [0.2, 0.25) is 0 Å². The number of carbonyl (C=O) groups excluding carboxylic acids is 2. The summed E-state index contributed by atoms with van der Waals surface area (Å²) >= 11 is 3.55. The predicted octanol–water partition coefficient (Wildman–Crippen LogP) is 3.59. The molecule has 1 aromatic carbocycles. The largest absolute Gasteiger partial charge is 0.465 e. The van der Waals surface area contributed by atoms with Gasteiger partial charge in [-0.1, -0.05) is 18.2 Å². The van der Waals surface area contributed by atoms with Crippen LogP contribution in [0.15, 0.2) is 34.3 Å². The van der Waals surface area contributed by atoms with Crippen LogP contribution in [-0.4, -0.2) is 36.0 Å². The number of allylic oxidation sites excluding steroid dienone is 1. The summed E-state index contributed by atoms with van der Waals surface area (Å²) in [5.74, 6) is -0.468. The molecule has 5 nitrogen and oxygen atoms in total. The highest BCUT2D eigenvalue weighted by Crippen LogP contribution is 2.64. The van der Waals surface area contributed by atoms with Gasteiger partial charge in [0.15, 0.2) is 0 Å². The molecule has 2 saturated heterocycles. The molecule has 0 aliphatic carbocycles. The van der Waals surface area contributed by atoms with Crippen molar-refractivity contribution in [2.24, 2.45) is 5.41 Å². The van der Waals surface area contributed by atoms with Crippen molar-refractivity contribution in [3.8, 4) is 0 Å². The maximum absolute atomic E-state index is 13.5. The van der Waals surface area contributed by atoms with Crippen LogP contribution in [0, 0.1) is 5.41 Å². The molecule has 0 unspecified atom stereocenters. The zero-order chi connectivity index (χ0) is 18.7. The first-order valence-corrected chi connectivity index (χ1v) is 9.95. The van der Waals surface area contributed by atoms with Gasteiger partial charge in [0.2, 0.25) is 0 Å². The van der Waals surface area contributed by atoms with Crippen molar-refractivity contribution < 1.29 is 14.3 Å². The molecule has 2 fully saturated rings. The molecule has 1 N–H and O–H groups in total. The summed E-state index contributed by atoms with van der Waals surface area (Å²) in [6.45, 7) is 6.72. The first-order chi connectivity index (χ1) is 12.4. The van der Waals surface area contributed by atoms with Crippen LogP contribution >= 0.6 is 15.9 Å². The van der Waals surface area contributed by atoms with Gasteiger partial charge in [0.05, 0.1) is 12.3 Å². The average Bonchev–Trinajstić information content (AvgIpc) is 3.24. The number of amides is 1. The normalized spacial score (nSPS) is 34.2. The van der Waals surface area contributed by atoms with Crippen molar-refractivity contribution in [2.45, 2.75) is 45.2 Å². The van der Waals surface area contributed by atoms with E-state index in [1.165, 1.54) is 0 Å². The fourth-order valence-corrected chi connectivity index (χ4v) is 5.87. The summed E-state index contributed by atoms with van der Waals surface area (Å²) in [5.41, 5.74) is 0.490. The number of hydrogen-bond donors (Lipinski definition) is 1. The number of nitrogens with zero attached hydrogens (tertiary/aromatic N) is 1. The van der Waals surface area contributed by atoms with Crippen molar-refractivity contribution in [1.29, 1.82) is 0 Å². The van der Waals surface area contributed by atoms with Crippen LogP contribution in [0.4, 0.5) is 5.69 Å². The Kier molecular flexibility index (Phi) is 4.04. The van der Waals surface area contributed by atoms with E-state index in [2.05, 4.69) is 26.1 Å². The number of hydrogen-bond acceptors (Lipinski definition) is 4. The Balaban J connectivity index is 2.06. The molecule has 3 aliphatic rings. The maximum atomic E-state index is 13.5. The molecule has 1 amide bonds. The van der Waals surface area contributed by atoms with Crippen LogP contribution in [0.25, 0.3) is 0 Å². The molecule has 0 saturated carbocycles. The van der Waals surface area contributed by atoms with E-state index < -0.39 is 11.0 Å². The molecule has 1 spiro atoms.